The number of hydrogen-bond donors (Lipinski definition) is 1. The van der Waals surface area contributed by atoms with Crippen LogP contribution in [0.3, 0.4) is 0 Å². The van der Waals surface area contributed by atoms with Crippen molar-refractivity contribution in [3.8, 4) is 5.75 Å². The van der Waals surface area contributed by atoms with Gasteiger partial charge in [-0.05, 0) is 12.1 Å². The average molecular weight is 306 g/mol. The third-order valence-corrected chi connectivity index (χ3v) is 3.72. The van der Waals surface area contributed by atoms with Gasteiger partial charge in [0.25, 0.3) is 10.0 Å². The van der Waals surface area contributed by atoms with Crippen molar-refractivity contribution >= 4 is 16.2 Å². The average Bonchev–Trinajstić information content (AvgIpc) is 2.62. The second-order valence-corrected chi connectivity index (χ2v) is 5.48. The van der Waals surface area contributed by atoms with Crippen LogP contribution in [0.2, 0.25) is 0 Å². The van der Waals surface area contributed by atoms with E-state index in [9.17, 15) is 21.6 Å². The Morgan fingerprint density at radius 1 is 1.25 bits per heavy atom. The van der Waals surface area contributed by atoms with Gasteiger partial charge in [0, 0.05) is 5.57 Å². The van der Waals surface area contributed by atoms with Crippen molar-refractivity contribution in [2.24, 2.45) is 10.1 Å². The molecule has 1 heterocycles. The molecule has 2 N–H and O–H groups in total. The van der Waals surface area contributed by atoms with Gasteiger partial charge in [-0.15, -0.1) is 0 Å². The first kappa shape index (κ1) is 14.4. The Labute approximate surface area is 112 Å². The van der Waals surface area contributed by atoms with E-state index in [0.717, 1.165) is 18.3 Å². The summed E-state index contributed by atoms with van der Waals surface area (Å²) in [4.78, 5) is 0. The monoisotopic (exact) mass is 306 g/mol. The van der Waals surface area contributed by atoms with Gasteiger partial charge in [-0.3, -0.25) is 0 Å². The highest BCUT2D eigenvalue weighted by Crippen LogP contribution is 2.36. The van der Waals surface area contributed by atoms with Crippen molar-refractivity contribution in [1.29, 1.82) is 0 Å². The number of hydrogen-bond acceptors (Lipinski definition) is 4. The van der Waals surface area contributed by atoms with Crippen molar-refractivity contribution in [3.63, 3.8) is 0 Å². The molecule has 1 aromatic rings. The van der Waals surface area contributed by atoms with E-state index in [1.165, 1.54) is 12.1 Å². The molecule has 1 aliphatic rings. The lowest BCUT2D eigenvalue weighted by Crippen LogP contribution is -2.13. The van der Waals surface area contributed by atoms with E-state index in [1.54, 1.807) is 0 Å². The number of alkyl halides is 3. The van der Waals surface area contributed by atoms with Crippen LogP contribution in [0.25, 0.3) is 0 Å². The Morgan fingerprint density at radius 3 is 2.45 bits per heavy atom. The van der Waals surface area contributed by atoms with Gasteiger partial charge in [-0.1, -0.05) is 12.1 Å². The van der Waals surface area contributed by atoms with Gasteiger partial charge in [0.15, 0.2) is 5.03 Å². The van der Waals surface area contributed by atoms with Crippen LogP contribution >= 0.6 is 0 Å². The van der Waals surface area contributed by atoms with Crippen LogP contribution in [-0.2, 0) is 16.2 Å². The van der Waals surface area contributed by atoms with E-state index < -0.39 is 39.1 Å². The molecule has 2 rings (SSSR count). The van der Waals surface area contributed by atoms with Crippen LogP contribution in [0.4, 0.5) is 13.2 Å². The van der Waals surface area contributed by atoms with E-state index >= 15 is 0 Å². The van der Waals surface area contributed by atoms with Gasteiger partial charge < -0.3 is 10.5 Å². The lowest BCUT2D eigenvalue weighted by atomic mass is 10.2. The van der Waals surface area contributed by atoms with Crippen LogP contribution in [0.1, 0.15) is 5.56 Å². The molecule has 108 valence electrons. The maximum absolute atomic E-state index is 12.7. The number of rotatable bonds is 3. The summed E-state index contributed by atoms with van der Waals surface area (Å²) in [6, 6.07) is 4.61. The second-order valence-electron chi connectivity index (χ2n) is 3.88. The predicted molar refractivity (Wildman–Crippen MR) is 65.6 cm³/mol. The van der Waals surface area contributed by atoms with Gasteiger partial charge in [-0.25, -0.2) is 0 Å². The molecule has 9 heteroatoms. The highest BCUT2D eigenvalue weighted by atomic mass is 32.2. The number of nitrogens with two attached hydrogens (primary N) is 1. The molecule has 0 unspecified atom stereocenters. The van der Waals surface area contributed by atoms with Crippen molar-refractivity contribution < 1.29 is 26.3 Å². The van der Waals surface area contributed by atoms with Crippen molar-refractivity contribution in [2.45, 2.75) is 6.18 Å². The zero-order chi connectivity index (χ0) is 15.0. The Bertz CT molecular complexity index is 693. The number of para-hydroxylation sites is 1. The topological polar surface area (TPSA) is 81.8 Å². The minimum atomic E-state index is -4.56. The molecule has 0 radical (unpaired) electrons. The maximum atomic E-state index is 12.7. The van der Waals surface area contributed by atoms with Gasteiger partial charge in [-0.2, -0.15) is 26.0 Å². The molecular weight excluding hydrogens is 297 g/mol. The molecule has 0 atom stereocenters. The van der Waals surface area contributed by atoms with Crippen molar-refractivity contribution in [2.75, 3.05) is 6.61 Å². The van der Waals surface area contributed by atoms with Crippen LogP contribution in [0, 0.1) is 0 Å². The number of sulfonamides is 1. The molecule has 20 heavy (non-hydrogen) atoms. The standard InChI is InChI=1S/C11H9F3N2O3S/c12-11(13,14)8-3-1-2-4-9(8)19-6-7-5-16-20(17,18)10(7)15/h1-5H,6,15H2. The molecule has 0 aromatic heterocycles. The second kappa shape index (κ2) is 4.82. The smallest absolute Gasteiger partial charge is 0.419 e. The van der Waals surface area contributed by atoms with E-state index in [2.05, 4.69) is 4.40 Å². The molecule has 0 aliphatic carbocycles. The van der Waals surface area contributed by atoms with Crippen LogP contribution in [0.15, 0.2) is 39.3 Å². The molecule has 0 saturated heterocycles. The molecule has 0 fully saturated rings. The first-order valence-corrected chi connectivity index (χ1v) is 6.74. The van der Waals surface area contributed by atoms with Crippen LogP contribution in [-0.4, -0.2) is 21.2 Å². The van der Waals surface area contributed by atoms with Gasteiger partial charge in [0.2, 0.25) is 0 Å². The summed E-state index contributed by atoms with van der Waals surface area (Å²) < 4.78 is 68.7. The molecule has 0 saturated carbocycles. The zero-order valence-corrected chi connectivity index (χ0v) is 10.7. The summed E-state index contributed by atoms with van der Waals surface area (Å²) in [7, 11) is -3.89. The fraction of sp³-hybridized carbons (Fsp3) is 0.182. The maximum Gasteiger partial charge on any atom is 0.419 e. The predicted octanol–water partition coefficient (Wildman–Crippen LogP) is 1.67. The van der Waals surface area contributed by atoms with Crippen LogP contribution in [0.5, 0.6) is 5.75 Å². The third-order valence-electron chi connectivity index (χ3n) is 2.52. The Hall–Kier alpha value is -2.03. The summed E-state index contributed by atoms with van der Waals surface area (Å²) in [6.45, 7) is -0.415. The Balaban J connectivity index is 2.22. The van der Waals surface area contributed by atoms with E-state index in [0.29, 0.717) is 0 Å². The number of ether oxygens (including phenoxy) is 1. The highest BCUT2D eigenvalue weighted by Gasteiger charge is 2.34. The van der Waals surface area contributed by atoms with Gasteiger partial charge >= 0.3 is 6.18 Å². The lowest BCUT2D eigenvalue weighted by Gasteiger charge is -2.13. The summed E-state index contributed by atoms with van der Waals surface area (Å²) in [5.41, 5.74) is 4.38. The van der Waals surface area contributed by atoms with Crippen LogP contribution < -0.4 is 10.5 Å². The fourth-order valence-corrected chi connectivity index (χ4v) is 2.33. The Morgan fingerprint density at radius 2 is 1.90 bits per heavy atom. The normalized spacial score (nSPS) is 17.6. The first-order chi connectivity index (χ1) is 9.22. The number of halogens is 3. The Kier molecular flexibility index (Phi) is 3.46. The van der Waals surface area contributed by atoms with Crippen molar-refractivity contribution in [1.82, 2.24) is 0 Å². The van der Waals surface area contributed by atoms with E-state index in [4.69, 9.17) is 10.5 Å². The molecule has 1 aromatic carbocycles. The molecule has 0 spiro atoms. The zero-order valence-electron chi connectivity index (χ0n) is 9.89. The largest absolute Gasteiger partial charge is 0.488 e. The summed E-state index contributed by atoms with van der Waals surface area (Å²) >= 11 is 0. The molecule has 5 nitrogen and oxygen atoms in total. The fourth-order valence-electron chi connectivity index (χ4n) is 1.51. The molecule has 0 amide bonds. The van der Waals surface area contributed by atoms with E-state index in [-0.39, 0.29) is 5.57 Å². The minimum Gasteiger partial charge on any atom is -0.488 e. The van der Waals surface area contributed by atoms with Gasteiger partial charge in [0.05, 0.1) is 11.8 Å². The number of benzene rings is 1. The molecular formula is C11H9F3N2O3S. The van der Waals surface area contributed by atoms with Gasteiger partial charge in [0.1, 0.15) is 12.4 Å². The molecule has 0 bridgehead atoms. The minimum absolute atomic E-state index is 0.0157. The summed E-state index contributed by atoms with van der Waals surface area (Å²) in [5.74, 6) is -0.405. The number of nitrogens with zero attached hydrogens (tertiary/aromatic N) is 1. The summed E-state index contributed by atoms with van der Waals surface area (Å²) in [5, 5.41) is -0.512. The van der Waals surface area contributed by atoms with E-state index in [1.807, 2.05) is 0 Å². The van der Waals surface area contributed by atoms with Crippen molar-refractivity contribution in [3.05, 3.63) is 40.4 Å². The highest BCUT2D eigenvalue weighted by molar-refractivity contribution is 7.94. The summed E-state index contributed by atoms with van der Waals surface area (Å²) in [6.07, 6.45) is -3.60. The lowest BCUT2D eigenvalue weighted by molar-refractivity contribution is -0.138. The SMILES string of the molecule is NC1=C(COc2ccccc2C(F)(F)F)C=NS1(=O)=O. The first-order valence-electron chi connectivity index (χ1n) is 5.30. The third kappa shape index (κ3) is 2.77. The molecule has 1 aliphatic heterocycles. The quantitative estimate of drug-likeness (QED) is 0.921.